The lowest BCUT2D eigenvalue weighted by Gasteiger charge is -2.38. The Morgan fingerprint density at radius 3 is 2.58 bits per heavy atom. The highest BCUT2D eigenvalue weighted by atomic mass is 16.5. The summed E-state index contributed by atoms with van der Waals surface area (Å²) in [6.45, 7) is 1.94. The molecule has 138 valence electrons. The smallest absolute Gasteiger partial charge is 0.258 e. The van der Waals surface area contributed by atoms with Gasteiger partial charge in [0.05, 0.1) is 19.3 Å². The molecule has 0 unspecified atom stereocenters. The number of ether oxygens (including phenoxy) is 2. The van der Waals surface area contributed by atoms with Crippen LogP contribution in [0.4, 0.5) is 0 Å². The molecular formula is C20H24N2O4. The second kappa shape index (κ2) is 8.19. The summed E-state index contributed by atoms with van der Waals surface area (Å²) in [4.78, 5) is 16.6. The molecule has 2 N–H and O–H groups in total. The first-order valence-corrected chi connectivity index (χ1v) is 8.72. The van der Waals surface area contributed by atoms with Gasteiger partial charge in [-0.05, 0) is 43.4 Å². The molecule has 1 aromatic carbocycles. The number of nitrogens with zero attached hydrogens (tertiary/aromatic N) is 1. The molecule has 1 amide bonds. The Balaban J connectivity index is 1.62. The number of hydrogen-bond acceptors (Lipinski definition) is 5. The predicted molar refractivity (Wildman–Crippen MR) is 97.1 cm³/mol. The molecular weight excluding hydrogens is 332 g/mol. The Morgan fingerprint density at radius 2 is 2.00 bits per heavy atom. The summed E-state index contributed by atoms with van der Waals surface area (Å²) >= 11 is 0. The summed E-state index contributed by atoms with van der Waals surface area (Å²) in [6.07, 6.45) is 2.73. The molecule has 1 aliphatic rings. The molecule has 26 heavy (non-hydrogen) atoms. The number of aryl methyl sites for hydroxylation is 1. The predicted octanol–water partition coefficient (Wildman–Crippen LogP) is 2.41. The zero-order chi connectivity index (χ0) is 18.5. The SMILES string of the molecule is COc1ccc([C@@H](NC(=O)COc2ccc(C)cc2)C2CC(O)C2)cn1. The van der Waals surface area contributed by atoms with Gasteiger partial charge >= 0.3 is 0 Å². The number of rotatable bonds is 7. The fourth-order valence-corrected chi connectivity index (χ4v) is 3.07. The fraction of sp³-hybridized carbons (Fsp3) is 0.400. The van der Waals surface area contributed by atoms with Crippen LogP contribution in [0.5, 0.6) is 11.6 Å². The second-order valence-corrected chi connectivity index (χ2v) is 6.67. The van der Waals surface area contributed by atoms with Gasteiger partial charge in [0.2, 0.25) is 5.88 Å². The third-order valence-electron chi connectivity index (χ3n) is 4.66. The molecule has 2 aromatic rings. The minimum absolute atomic E-state index is 0.0571. The first-order chi connectivity index (χ1) is 12.5. The van der Waals surface area contributed by atoms with E-state index >= 15 is 0 Å². The molecule has 3 rings (SSSR count). The average molecular weight is 356 g/mol. The number of pyridine rings is 1. The van der Waals surface area contributed by atoms with Crippen LogP contribution in [0.25, 0.3) is 0 Å². The Morgan fingerprint density at radius 1 is 1.27 bits per heavy atom. The van der Waals surface area contributed by atoms with E-state index in [4.69, 9.17) is 9.47 Å². The van der Waals surface area contributed by atoms with E-state index in [1.54, 1.807) is 19.4 Å². The van der Waals surface area contributed by atoms with Crippen LogP contribution in [-0.4, -0.2) is 35.8 Å². The summed E-state index contributed by atoms with van der Waals surface area (Å²) in [5, 5.41) is 12.7. The average Bonchev–Trinajstić information content (AvgIpc) is 2.63. The van der Waals surface area contributed by atoms with E-state index < -0.39 is 0 Å². The number of carbonyl (C=O) groups excluding carboxylic acids is 1. The second-order valence-electron chi connectivity index (χ2n) is 6.67. The van der Waals surface area contributed by atoms with Gasteiger partial charge < -0.3 is 19.9 Å². The van der Waals surface area contributed by atoms with Crippen LogP contribution < -0.4 is 14.8 Å². The molecule has 0 radical (unpaired) electrons. The molecule has 1 atom stereocenters. The Hall–Kier alpha value is -2.60. The number of aliphatic hydroxyl groups excluding tert-OH is 1. The molecule has 0 aliphatic heterocycles. The number of nitrogens with one attached hydrogen (secondary N) is 1. The van der Waals surface area contributed by atoms with E-state index in [9.17, 15) is 9.90 Å². The minimum atomic E-state index is -0.297. The topological polar surface area (TPSA) is 80.7 Å². The van der Waals surface area contributed by atoms with Gasteiger partial charge in [0.15, 0.2) is 6.61 Å². The van der Waals surface area contributed by atoms with Crippen LogP contribution in [0.3, 0.4) is 0 Å². The highest BCUT2D eigenvalue weighted by Gasteiger charge is 2.35. The maximum atomic E-state index is 12.4. The lowest BCUT2D eigenvalue weighted by atomic mass is 9.75. The monoisotopic (exact) mass is 356 g/mol. The highest BCUT2D eigenvalue weighted by molar-refractivity contribution is 5.78. The number of amides is 1. The number of aromatic nitrogens is 1. The van der Waals surface area contributed by atoms with Gasteiger partial charge in [-0.2, -0.15) is 0 Å². The van der Waals surface area contributed by atoms with Crippen LogP contribution in [0.1, 0.15) is 30.0 Å². The summed E-state index contributed by atoms with van der Waals surface area (Å²) in [7, 11) is 1.56. The summed E-state index contributed by atoms with van der Waals surface area (Å²) in [5.74, 6) is 1.17. The van der Waals surface area contributed by atoms with Gasteiger partial charge in [0.1, 0.15) is 5.75 Å². The molecule has 6 nitrogen and oxygen atoms in total. The van der Waals surface area contributed by atoms with Crippen LogP contribution >= 0.6 is 0 Å². The van der Waals surface area contributed by atoms with Gasteiger partial charge in [0.25, 0.3) is 5.91 Å². The number of aliphatic hydroxyl groups is 1. The molecule has 6 heteroatoms. The third kappa shape index (κ3) is 4.52. The Kier molecular flexibility index (Phi) is 5.73. The van der Waals surface area contributed by atoms with Crippen molar-refractivity contribution in [2.75, 3.05) is 13.7 Å². The third-order valence-corrected chi connectivity index (χ3v) is 4.66. The van der Waals surface area contributed by atoms with Crippen molar-refractivity contribution in [3.63, 3.8) is 0 Å². The van der Waals surface area contributed by atoms with Gasteiger partial charge in [-0.1, -0.05) is 23.8 Å². The molecule has 1 fully saturated rings. The van der Waals surface area contributed by atoms with Crippen LogP contribution in [0.15, 0.2) is 42.6 Å². The molecule has 0 spiro atoms. The van der Waals surface area contributed by atoms with Crippen molar-refractivity contribution in [2.24, 2.45) is 5.92 Å². The number of hydrogen-bond donors (Lipinski definition) is 2. The van der Waals surface area contributed by atoms with Crippen LogP contribution in [0, 0.1) is 12.8 Å². The summed E-state index contributed by atoms with van der Waals surface area (Å²) < 4.78 is 10.6. The van der Waals surface area contributed by atoms with E-state index in [1.165, 1.54) is 0 Å². The van der Waals surface area contributed by atoms with Crippen molar-refractivity contribution < 1.29 is 19.4 Å². The van der Waals surface area contributed by atoms with Gasteiger partial charge in [-0.25, -0.2) is 4.98 Å². The maximum Gasteiger partial charge on any atom is 0.258 e. The molecule has 0 bridgehead atoms. The van der Waals surface area contributed by atoms with Crippen molar-refractivity contribution in [1.82, 2.24) is 10.3 Å². The zero-order valence-corrected chi connectivity index (χ0v) is 15.0. The van der Waals surface area contributed by atoms with Crippen molar-refractivity contribution in [2.45, 2.75) is 31.9 Å². The fourth-order valence-electron chi connectivity index (χ4n) is 3.07. The molecule has 0 saturated heterocycles. The van der Waals surface area contributed by atoms with E-state index in [0.717, 1.165) is 11.1 Å². The van der Waals surface area contributed by atoms with Crippen molar-refractivity contribution in [3.05, 3.63) is 53.7 Å². The number of carbonyl (C=O) groups is 1. The van der Waals surface area contributed by atoms with E-state index in [2.05, 4.69) is 10.3 Å². The number of methoxy groups -OCH3 is 1. The van der Waals surface area contributed by atoms with E-state index in [1.807, 2.05) is 37.3 Å². The summed E-state index contributed by atoms with van der Waals surface area (Å²) in [6, 6.07) is 11.0. The molecule has 1 aromatic heterocycles. The largest absolute Gasteiger partial charge is 0.484 e. The lowest BCUT2D eigenvalue weighted by molar-refractivity contribution is -0.125. The Labute approximate surface area is 153 Å². The Bertz CT molecular complexity index is 724. The van der Waals surface area contributed by atoms with Gasteiger partial charge in [-0.3, -0.25) is 4.79 Å². The zero-order valence-electron chi connectivity index (χ0n) is 15.0. The minimum Gasteiger partial charge on any atom is -0.484 e. The highest BCUT2D eigenvalue weighted by Crippen LogP contribution is 2.38. The van der Waals surface area contributed by atoms with Gasteiger partial charge in [0, 0.05) is 12.3 Å². The molecule has 1 saturated carbocycles. The maximum absolute atomic E-state index is 12.4. The number of benzene rings is 1. The lowest BCUT2D eigenvalue weighted by Crippen LogP contribution is -2.42. The first kappa shape index (κ1) is 18.2. The van der Waals surface area contributed by atoms with Crippen molar-refractivity contribution >= 4 is 5.91 Å². The van der Waals surface area contributed by atoms with E-state index in [-0.39, 0.29) is 30.6 Å². The van der Waals surface area contributed by atoms with Crippen LogP contribution in [-0.2, 0) is 4.79 Å². The standard InChI is InChI=1S/C20H24N2O4/c1-13-3-6-17(7-4-13)26-12-18(24)22-20(15-9-16(23)10-15)14-5-8-19(25-2)21-11-14/h3-8,11,15-16,20,23H,9-10,12H2,1-2H3,(H,22,24)/t15?,16?,20-/m1/s1. The van der Waals surface area contributed by atoms with Crippen molar-refractivity contribution in [1.29, 1.82) is 0 Å². The summed E-state index contributed by atoms with van der Waals surface area (Å²) in [5.41, 5.74) is 2.03. The van der Waals surface area contributed by atoms with Crippen LogP contribution in [0.2, 0.25) is 0 Å². The first-order valence-electron chi connectivity index (χ1n) is 8.72. The van der Waals surface area contributed by atoms with E-state index in [0.29, 0.717) is 24.5 Å². The van der Waals surface area contributed by atoms with Gasteiger partial charge in [-0.15, -0.1) is 0 Å². The van der Waals surface area contributed by atoms with Crippen molar-refractivity contribution in [3.8, 4) is 11.6 Å². The molecule has 1 heterocycles. The molecule has 1 aliphatic carbocycles. The normalized spacial score (nSPS) is 20.0. The quantitative estimate of drug-likeness (QED) is 0.796.